The van der Waals surface area contributed by atoms with Crippen LogP contribution in [0.5, 0.6) is 0 Å². The number of likely N-dealkylation sites (N-methyl/N-ethyl adjacent to an activating group) is 1. The van der Waals surface area contributed by atoms with E-state index in [1.54, 1.807) is 0 Å². The molecule has 1 unspecified atom stereocenters. The van der Waals surface area contributed by atoms with E-state index in [1.807, 2.05) is 25.6 Å². The fourth-order valence-electron chi connectivity index (χ4n) is 1.51. The minimum absolute atomic E-state index is 0.365. The van der Waals surface area contributed by atoms with Crippen molar-refractivity contribution in [2.24, 2.45) is 7.05 Å². The number of nitrogens with zero attached hydrogens (tertiary/aromatic N) is 2. The zero-order chi connectivity index (χ0) is 11.4. The second kappa shape index (κ2) is 5.63. The van der Waals surface area contributed by atoms with Gasteiger partial charge in [0.05, 0.1) is 22.0 Å². The van der Waals surface area contributed by atoms with Crippen LogP contribution in [0, 0.1) is 6.92 Å². The number of halogens is 1. The first kappa shape index (κ1) is 12.7. The molecule has 5 heteroatoms. The molecule has 0 saturated heterocycles. The first-order valence-electron chi connectivity index (χ1n) is 5.13. The van der Waals surface area contributed by atoms with Crippen molar-refractivity contribution in [1.29, 1.82) is 0 Å². The first-order chi connectivity index (χ1) is 7.06. The molecule has 0 aliphatic rings. The van der Waals surface area contributed by atoms with Crippen molar-refractivity contribution in [3.63, 3.8) is 0 Å². The van der Waals surface area contributed by atoms with Crippen molar-refractivity contribution in [3.8, 4) is 0 Å². The van der Waals surface area contributed by atoms with Gasteiger partial charge < -0.3 is 10.4 Å². The average Bonchev–Trinajstić information content (AvgIpc) is 2.42. The summed E-state index contributed by atoms with van der Waals surface area (Å²) in [6.07, 6.45) is 0.251. The number of hydrogen-bond donors (Lipinski definition) is 2. The van der Waals surface area contributed by atoms with E-state index in [-0.39, 0.29) is 6.10 Å². The highest BCUT2D eigenvalue weighted by Gasteiger charge is 2.14. The number of aromatic nitrogens is 2. The molecule has 1 heterocycles. The van der Waals surface area contributed by atoms with Gasteiger partial charge in [-0.2, -0.15) is 5.10 Å². The quantitative estimate of drug-likeness (QED) is 0.843. The van der Waals surface area contributed by atoms with Crippen LogP contribution in [0.25, 0.3) is 0 Å². The Bertz CT molecular complexity index is 325. The number of rotatable bonds is 5. The number of nitrogens with one attached hydrogen (secondary N) is 1. The average molecular weight is 276 g/mol. The molecular weight excluding hydrogens is 258 g/mol. The second-order valence-electron chi connectivity index (χ2n) is 3.64. The molecule has 0 bridgehead atoms. The molecule has 0 fully saturated rings. The van der Waals surface area contributed by atoms with Crippen LogP contribution in [0.15, 0.2) is 4.47 Å². The summed E-state index contributed by atoms with van der Waals surface area (Å²) in [6, 6.07) is 0. The van der Waals surface area contributed by atoms with Crippen molar-refractivity contribution in [3.05, 3.63) is 15.9 Å². The summed E-state index contributed by atoms with van der Waals surface area (Å²) in [5.74, 6) is 0. The number of aliphatic hydroxyl groups excluding tert-OH is 1. The topological polar surface area (TPSA) is 50.1 Å². The largest absolute Gasteiger partial charge is 0.391 e. The van der Waals surface area contributed by atoms with Crippen LogP contribution in [0.3, 0.4) is 0 Å². The van der Waals surface area contributed by atoms with E-state index in [9.17, 15) is 5.11 Å². The van der Waals surface area contributed by atoms with E-state index in [1.165, 1.54) is 0 Å². The fourth-order valence-corrected chi connectivity index (χ4v) is 2.01. The SMILES string of the molecule is CCNCC(O)Cc1c(Br)c(C)nn1C. The highest BCUT2D eigenvalue weighted by molar-refractivity contribution is 9.10. The molecule has 2 N–H and O–H groups in total. The Morgan fingerprint density at radius 2 is 2.27 bits per heavy atom. The number of hydrogen-bond acceptors (Lipinski definition) is 3. The summed E-state index contributed by atoms with van der Waals surface area (Å²) < 4.78 is 2.81. The van der Waals surface area contributed by atoms with Crippen molar-refractivity contribution >= 4 is 15.9 Å². The molecule has 0 aliphatic heterocycles. The van der Waals surface area contributed by atoms with Crippen molar-refractivity contribution in [1.82, 2.24) is 15.1 Å². The highest BCUT2D eigenvalue weighted by atomic mass is 79.9. The van der Waals surface area contributed by atoms with Gasteiger partial charge in [-0.05, 0) is 29.4 Å². The van der Waals surface area contributed by atoms with Gasteiger partial charge in [0.1, 0.15) is 0 Å². The molecule has 1 aromatic rings. The third-order valence-corrected chi connectivity index (χ3v) is 3.35. The molecule has 0 spiro atoms. The molecule has 0 aromatic carbocycles. The maximum absolute atomic E-state index is 9.77. The summed E-state index contributed by atoms with van der Waals surface area (Å²) in [6.45, 7) is 5.47. The lowest BCUT2D eigenvalue weighted by Crippen LogP contribution is -2.28. The van der Waals surface area contributed by atoms with Crippen LogP contribution in [-0.2, 0) is 13.5 Å². The Kier molecular flexibility index (Phi) is 4.76. The molecule has 15 heavy (non-hydrogen) atoms. The normalized spacial score (nSPS) is 13.1. The summed E-state index contributed by atoms with van der Waals surface area (Å²) in [4.78, 5) is 0. The number of aliphatic hydroxyl groups is 1. The van der Waals surface area contributed by atoms with E-state index < -0.39 is 0 Å². The summed E-state index contributed by atoms with van der Waals surface area (Å²) in [5.41, 5.74) is 2.00. The van der Waals surface area contributed by atoms with Gasteiger partial charge in [0.25, 0.3) is 0 Å². The lowest BCUT2D eigenvalue weighted by atomic mass is 10.2. The van der Waals surface area contributed by atoms with E-state index in [4.69, 9.17) is 0 Å². The second-order valence-corrected chi connectivity index (χ2v) is 4.43. The fraction of sp³-hybridized carbons (Fsp3) is 0.700. The van der Waals surface area contributed by atoms with E-state index in [0.717, 1.165) is 22.4 Å². The molecule has 0 radical (unpaired) electrons. The zero-order valence-corrected chi connectivity index (χ0v) is 11.0. The lowest BCUT2D eigenvalue weighted by Gasteiger charge is -2.11. The molecule has 1 aromatic heterocycles. The zero-order valence-electron chi connectivity index (χ0n) is 9.42. The Labute approximate surface area is 98.8 Å². The minimum atomic E-state index is -0.365. The molecular formula is C10H18BrN3O. The van der Waals surface area contributed by atoms with E-state index >= 15 is 0 Å². The van der Waals surface area contributed by atoms with Crippen LogP contribution in [0.4, 0.5) is 0 Å². The third-order valence-electron chi connectivity index (χ3n) is 2.32. The molecule has 0 saturated carbocycles. The van der Waals surface area contributed by atoms with Crippen LogP contribution in [-0.4, -0.2) is 34.1 Å². The third kappa shape index (κ3) is 3.29. The van der Waals surface area contributed by atoms with Gasteiger partial charge in [-0.3, -0.25) is 4.68 Å². The molecule has 0 aliphatic carbocycles. The summed E-state index contributed by atoms with van der Waals surface area (Å²) in [7, 11) is 1.90. The molecule has 86 valence electrons. The van der Waals surface area contributed by atoms with Gasteiger partial charge in [0.15, 0.2) is 0 Å². The van der Waals surface area contributed by atoms with E-state index in [0.29, 0.717) is 13.0 Å². The maximum Gasteiger partial charge on any atom is 0.0738 e. The van der Waals surface area contributed by atoms with Crippen molar-refractivity contribution in [2.45, 2.75) is 26.4 Å². The Hall–Kier alpha value is -0.390. The smallest absolute Gasteiger partial charge is 0.0738 e. The standard InChI is InChI=1S/C10H18BrN3O/c1-4-12-6-8(15)5-9-10(11)7(2)13-14(9)3/h8,12,15H,4-6H2,1-3H3. The summed E-state index contributed by atoms with van der Waals surface area (Å²) >= 11 is 3.48. The van der Waals surface area contributed by atoms with Crippen LogP contribution in [0.1, 0.15) is 18.3 Å². The Morgan fingerprint density at radius 3 is 2.73 bits per heavy atom. The Morgan fingerprint density at radius 1 is 1.60 bits per heavy atom. The predicted octanol–water partition coefficient (Wildman–Crippen LogP) is 1.00. The van der Waals surface area contributed by atoms with Crippen LogP contribution < -0.4 is 5.32 Å². The molecule has 1 rings (SSSR count). The highest BCUT2D eigenvalue weighted by Crippen LogP contribution is 2.21. The van der Waals surface area contributed by atoms with Gasteiger partial charge in [-0.15, -0.1) is 0 Å². The monoisotopic (exact) mass is 275 g/mol. The molecule has 0 amide bonds. The number of aryl methyl sites for hydroxylation is 2. The summed E-state index contributed by atoms with van der Waals surface area (Å²) in [5, 5.41) is 17.2. The van der Waals surface area contributed by atoms with Gasteiger partial charge in [-0.1, -0.05) is 6.92 Å². The molecule has 1 atom stereocenters. The maximum atomic E-state index is 9.77. The predicted molar refractivity (Wildman–Crippen MR) is 63.9 cm³/mol. The van der Waals surface area contributed by atoms with Gasteiger partial charge in [0, 0.05) is 20.0 Å². The Balaban J connectivity index is 2.63. The van der Waals surface area contributed by atoms with Crippen molar-refractivity contribution < 1.29 is 5.11 Å². The lowest BCUT2D eigenvalue weighted by molar-refractivity contribution is 0.170. The van der Waals surface area contributed by atoms with Crippen LogP contribution >= 0.6 is 15.9 Å². The minimum Gasteiger partial charge on any atom is -0.391 e. The molecule has 4 nitrogen and oxygen atoms in total. The van der Waals surface area contributed by atoms with Gasteiger partial charge in [0.2, 0.25) is 0 Å². The van der Waals surface area contributed by atoms with Crippen LogP contribution in [0.2, 0.25) is 0 Å². The van der Waals surface area contributed by atoms with E-state index in [2.05, 4.69) is 26.3 Å². The van der Waals surface area contributed by atoms with Crippen molar-refractivity contribution in [2.75, 3.05) is 13.1 Å². The van der Waals surface area contributed by atoms with Gasteiger partial charge >= 0.3 is 0 Å². The first-order valence-corrected chi connectivity index (χ1v) is 5.92. The van der Waals surface area contributed by atoms with Gasteiger partial charge in [-0.25, -0.2) is 0 Å².